The van der Waals surface area contributed by atoms with Gasteiger partial charge in [0.2, 0.25) is 21.7 Å². The molecule has 0 radical (unpaired) electrons. The van der Waals surface area contributed by atoms with Gasteiger partial charge in [0, 0.05) is 43.9 Å². The number of rotatable bonds is 6. The Morgan fingerprint density at radius 3 is 2.56 bits per heavy atom. The van der Waals surface area contributed by atoms with Gasteiger partial charge >= 0.3 is 0 Å². The van der Waals surface area contributed by atoms with Crippen LogP contribution in [0.3, 0.4) is 0 Å². The normalized spacial score (nSPS) is 17.5. The number of sulfonamides is 1. The highest BCUT2D eigenvalue weighted by molar-refractivity contribution is 7.89. The Balaban J connectivity index is 1.26. The molecule has 9 nitrogen and oxygen atoms in total. The molecule has 1 aromatic carbocycles. The lowest BCUT2D eigenvalue weighted by atomic mass is 10.2. The van der Waals surface area contributed by atoms with E-state index in [-0.39, 0.29) is 23.7 Å². The first-order valence-electron chi connectivity index (χ1n) is 10.3. The molecule has 2 aromatic heterocycles. The third-order valence-electron chi connectivity index (χ3n) is 5.68. The van der Waals surface area contributed by atoms with Crippen LogP contribution in [0.1, 0.15) is 24.7 Å². The van der Waals surface area contributed by atoms with Crippen LogP contribution in [-0.2, 0) is 10.0 Å². The maximum atomic E-state index is 13.7. The highest BCUT2D eigenvalue weighted by Crippen LogP contribution is 2.39. The number of anilines is 1. The van der Waals surface area contributed by atoms with E-state index in [0.717, 1.165) is 30.3 Å². The summed E-state index contributed by atoms with van der Waals surface area (Å²) >= 11 is 0. The van der Waals surface area contributed by atoms with Crippen molar-refractivity contribution in [2.24, 2.45) is 0 Å². The van der Waals surface area contributed by atoms with E-state index < -0.39 is 15.8 Å². The maximum absolute atomic E-state index is 13.7. The summed E-state index contributed by atoms with van der Waals surface area (Å²) in [5.41, 5.74) is 0.767. The summed E-state index contributed by atoms with van der Waals surface area (Å²) in [6, 6.07) is 7.23. The molecule has 3 aromatic rings. The fourth-order valence-corrected chi connectivity index (χ4v) is 5.29. The molecular formula is C21H22FN5O4S. The van der Waals surface area contributed by atoms with E-state index in [9.17, 15) is 12.8 Å². The molecule has 1 aliphatic heterocycles. The molecule has 0 atom stereocenters. The van der Waals surface area contributed by atoms with E-state index >= 15 is 0 Å². The highest BCUT2D eigenvalue weighted by Gasteiger charge is 2.32. The molecule has 5 rings (SSSR count). The predicted octanol–water partition coefficient (Wildman–Crippen LogP) is 2.67. The lowest BCUT2D eigenvalue weighted by Gasteiger charge is -2.34. The van der Waals surface area contributed by atoms with E-state index in [1.165, 1.54) is 23.5 Å². The largest absolute Gasteiger partial charge is 0.495 e. The van der Waals surface area contributed by atoms with Crippen LogP contribution >= 0.6 is 0 Å². The summed E-state index contributed by atoms with van der Waals surface area (Å²) < 4.78 is 51.5. The zero-order valence-corrected chi connectivity index (χ0v) is 18.3. The summed E-state index contributed by atoms with van der Waals surface area (Å²) in [6.45, 7) is 1.41. The number of nitrogens with zero attached hydrogens (tertiary/aromatic N) is 5. The highest BCUT2D eigenvalue weighted by atomic mass is 32.2. The average Bonchev–Trinajstić information content (AvgIpc) is 3.56. The molecule has 0 amide bonds. The second-order valence-corrected chi connectivity index (χ2v) is 9.73. The summed E-state index contributed by atoms with van der Waals surface area (Å²) in [4.78, 5) is 10.8. The Kier molecular flexibility index (Phi) is 5.30. The van der Waals surface area contributed by atoms with Gasteiger partial charge in [-0.25, -0.2) is 17.8 Å². The topological polar surface area (TPSA) is 102 Å². The maximum Gasteiger partial charge on any atom is 0.246 e. The Morgan fingerprint density at radius 2 is 1.91 bits per heavy atom. The molecule has 0 N–H and O–H groups in total. The second kappa shape index (κ2) is 8.14. The number of hydrogen-bond acceptors (Lipinski definition) is 8. The van der Waals surface area contributed by atoms with Gasteiger partial charge in [0.1, 0.15) is 22.3 Å². The number of ether oxygens (including phenoxy) is 1. The third kappa shape index (κ3) is 3.93. The zero-order valence-electron chi connectivity index (χ0n) is 17.4. The van der Waals surface area contributed by atoms with Gasteiger partial charge in [0.05, 0.1) is 7.11 Å². The van der Waals surface area contributed by atoms with Crippen LogP contribution < -0.4 is 9.64 Å². The van der Waals surface area contributed by atoms with E-state index in [0.29, 0.717) is 30.7 Å². The van der Waals surface area contributed by atoms with Gasteiger partial charge in [0.25, 0.3) is 0 Å². The van der Waals surface area contributed by atoms with Gasteiger partial charge in [-0.2, -0.15) is 9.29 Å². The van der Waals surface area contributed by atoms with E-state index in [1.807, 2.05) is 17.0 Å². The molecule has 3 heterocycles. The summed E-state index contributed by atoms with van der Waals surface area (Å²) in [5, 5.41) is 4.03. The van der Waals surface area contributed by atoms with Crippen molar-refractivity contribution in [1.29, 1.82) is 0 Å². The molecule has 168 valence electrons. The van der Waals surface area contributed by atoms with Crippen molar-refractivity contribution in [1.82, 2.24) is 19.4 Å². The molecule has 0 unspecified atom stereocenters. The SMILES string of the molecule is COc1ccc(F)cc1S(=O)(=O)N1CCN(c2ccc(-c3noc(C4CC4)n3)cn2)CC1. The lowest BCUT2D eigenvalue weighted by Crippen LogP contribution is -2.49. The van der Waals surface area contributed by atoms with Gasteiger partial charge in [-0.1, -0.05) is 5.16 Å². The third-order valence-corrected chi connectivity index (χ3v) is 7.60. The van der Waals surface area contributed by atoms with Crippen LogP contribution in [0.15, 0.2) is 45.9 Å². The molecule has 2 fully saturated rings. The predicted molar refractivity (Wildman–Crippen MR) is 113 cm³/mol. The Labute approximate surface area is 184 Å². The number of benzene rings is 1. The van der Waals surface area contributed by atoms with Crippen LogP contribution in [0, 0.1) is 5.82 Å². The number of aromatic nitrogens is 3. The smallest absolute Gasteiger partial charge is 0.246 e. The van der Waals surface area contributed by atoms with E-state index in [2.05, 4.69) is 15.1 Å². The van der Waals surface area contributed by atoms with Crippen molar-refractivity contribution in [3.63, 3.8) is 0 Å². The molecule has 32 heavy (non-hydrogen) atoms. The van der Waals surface area contributed by atoms with Gasteiger partial charge in [-0.3, -0.25) is 0 Å². The molecule has 2 aliphatic rings. The zero-order chi connectivity index (χ0) is 22.3. The van der Waals surface area contributed by atoms with Crippen molar-refractivity contribution >= 4 is 15.8 Å². The van der Waals surface area contributed by atoms with Gasteiger partial charge in [-0.05, 0) is 43.2 Å². The van der Waals surface area contributed by atoms with Gasteiger partial charge < -0.3 is 14.2 Å². The van der Waals surface area contributed by atoms with Crippen molar-refractivity contribution in [2.45, 2.75) is 23.7 Å². The van der Waals surface area contributed by atoms with Crippen LogP contribution in [0.4, 0.5) is 10.2 Å². The minimum absolute atomic E-state index is 0.123. The fourth-order valence-electron chi connectivity index (χ4n) is 3.70. The monoisotopic (exact) mass is 459 g/mol. The number of methoxy groups -OCH3 is 1. The number of piperazine rings is 1. The van der Waals surface area contributed by atoms with Crippen molar-refractivity contribution in [3.8, 4) is 17.1 Å². The lowest BCUT2D eigenvalue weighted by molar-refractivity contribution is 0.372. The molecule has 1 aliphatic carbocycles. The minimum atomic E-state index is -3.88. The summed E-state index contributed by atoms with van der Waals surface area (Å²) in [6.07, 6.45) is 3.87. The molecule has 11 heteroatoms. The summed E-state index contributed by atoms with van der Waals surface area (Å²) in [5.74, 6) is 1.82. The molecule has 0 spiro atoms. The van der Waals surface area contributed by atoms with Crippen LogP contribution in [0.25, 0.3) is 11.4 Å². The van der Waals surface area contributed by atoms with Crippen molar-refractivity contribution in [3.05, 3.63) is 48.2 Å². The first kappa shape index (κ1) is 20.8. The molecular weight excluding hydrogens is 437 g/mol. The number of hydrogen-bond donors (Lipinski definition) is 0. The Morgan fingerprint density at radius 1 is 1.12 bits per heavy atom. The standard InChI is InChI=1S/C21H22FN5O4S/c1-30-17-6-5-16(22)12-18(17)32(28,29)27-10-8-26(9-11-27)19-7-4-15(13-23-19)20-24-21(31-25-20)14-2-3-14/h4-7,12-14H,2-3,8-11H2,1H3. The average molecular weight is 460 g/mol. The molecule has 1 saturated carbocycles. The van der Waals surface area contributed by atoms with Crippen LogP contribution in [-0.4, -0.2) is 61.1 Å². The Bertz CT molecular complexity index is 1220. The fraction of sp³-hybridized carbons (Fsp3) is 0.381. The number of halogens is 1. The quantitative estimate of drug-likeness (QED) is 0.555. The van der Waals surface area contributed by atoms with E-state index in [4.69, 9.17) is 9.26 Å². The molecule has 1 saturated heterocycles. The van der Waals surface area contributed by atoms with Gasteiger partial charge in [0.15, 0.2) is 0 Å². The first-order valence-corrected chi connectivity index (χ1v) is 11.8. The van der Waals surface area contributed by atoms with Crippen molar-refractivity contribution < 1.29 is 22.1 Å². The molecule has 0 bridgehead atoms. The van der Waals surface area contributed by atoms with Crippen molar-refractivity contribution in [2.75, 3.05) is 38.2 Å². The minimum Gasteiger partial charge on any atom is -0.495 e. The van der Waals surface area contributed by atoms with Crippen LogP contribution in [0.2, 0.25) is 0 Å². The summed E-state index contributed by atoms with van der Waals surface area (Å²) in [7, 11) is -2.52. The second-order valence-electron chi connectivity index (χ2n) is 7.82. The van der Waals surface area contributed by atoms with Crippen LogP contribution in [0.5, 0.6) is 5.75 Å². The van der Waals surface area contributed by atoms with E-state index in [1.54, 1.807) is 6.20 Å². The number of pyridine rings is 1. The van der Waals surface area contributed by atoms with Gasteiger partial charge in [-0.15, -0.1) is 0 Å². The Hall–Kier alpha value is -3.05. The first-order chi connectivity index (χ1) is 15.5.